The zero-order valence-electron chi connectivity index (χ0n) is 22.0. The lowest BCUT2D eigenvalue weighted by molar-refractivity contribution is -0.137. The number of carbonyl (C=O) groups is 2. The van der Waals surface area contributed by atoms with E-state index in [2.05, 4.69) is 5.32 Å². The van der Waals surface area contributed by atoms with Crippen LogP contribution in [0.2, 0.25) is 0 Å². The summed E-state index contributed by atoms with van der Waals surface area (Å²) in [7, 11) is 0. The average Bonchev–Trinajstić information content (AvgIpc) is 2.93. The van der Waals surface area contributed by atoms with Gasteiger partial charge >= 0.3 is 6.09 Å². The van der Waals surface area contributed by atoms with E-state index >= 15 is 4.39 Å². The molecule has 1 heterocycles. The third-order valence-electron chi connectivity index (χ3n) is 7.53. The van der Waals surface area contributed by atoms with Gasteiger partial charge in [-0.15, -0.1) is 0 Å². The smallest absolute Gasteiger partial charge is 0.404 e. The first-order valence-electron chi connectivity index (χ1n) is 13.4. The van der Waals surface area contributed by atoms with Crippen molar-refractivity contribution in [2.24, 2.45) is 11.7 Å². The third-order valence-corrected chi connectivity index (χ3v) is 7.53. The SMILES string of the molecule is CCc1cccc(-c2c(F)cccc2C(O)(CCCNC(=O)O)C2CCCN(C(=O)CCC(N)CO)C2)c1. The number of hydrogen-bond acceptors (Lipinski definition) is 5. The van der Waals surface area contributed by atoms with E-state index in [1.807, 2.05) is 31.2 Å². The maximum Gasteiger partial charge on any atom is 0.404 e. The van der Waals surface area contributed by atoms with E-state index in [0.29, 0.717) is 55.5 Å². The van der Waals surface area contributed by atoms with Crippen LogP contribution in [0.4, 0.5) is 9.18 Å². The van der Waals surface area contributed by atoms with Crippen molar-refractivity contribution in [3.8, 4) is 11.1 Å². The van der Waals surface area contributed by atoms with Gasteiger partial charge in [0, 0.05) is 43.6 Å². The lowest BCUT2D eigenvalue weighted by atomic mass is 9.72. The molecule has 208 valence electrons. The van der Waals surface area contributed by atoms with Gasteiger partial charge in [0.2, 0.25) is 5.91 Å². The van der Waals surface area contributed by atoms with Crippen LogP contribution in [0.1, 0.15) is 56.6 Å². The van der Waals surface area contributed by atoms with Gasteiger partial charge in [0.25, 0.3) is 0 Å². The number of aliphatic hydroxyl groups excluding tert-OH is 1. The zero-order valence-corrected chi connectivity index (χ0v) is 22.0. The molecule has 6 N–H and O–H groups in total. The lowest BCUT2D eigenvalue weighted by Gasteiger charge is -2.44. The van der Waals surface area contributed by atoms with Crippen molar-refractivity contribution >= 4 is 12.0 Å². The summed E-state index contributed by atoms with van der Waals surface area (Å²) in [5.41, 5.74) is 6.76. The maximum atomic E-state index is 15.5. The van der Waals surface area contributed by atoms with Gasteiger partial charge in [-0.25, -0.2) is 9.18 Å². The van der Waals surface area contributed by atoms with Gasteiger partial charge in [0.05, 0.1) is 12.2 Å². The molecular formula is C29H40FN3O5. The van der Waals surface area contributed by atoms with Crippen LogP contribution in [0.15, 0.2) is 42.5 Å². The van der Waals surface area contributed by atoms with Crippen LogP contribution in [0, 0.1) is 11.7 Å². The number of rotatable bonds is 12. The fourth-order valence-electron chi connectivity index (χ4n) is 5.39. The number of benzene rings is 2. The minimum Gasteiger partial charge on any atom is -0.465 e. The van der Waals surface area contributed by atoms with Gasteiger partial charge in [-0.2, -0.15) is 0 Å². The molecule has 0 radical (unpaired) electrons. The molecule has 0 aromatic heterocycles. The number of amides is 2. The van der Waals surface area contributed by atoms with Gasteiger partial charge in [-0.1, -0.05) is 43.3 Å². The summed E-state index contributed by atoms with van der Waals surface area (Å²) in [5.74, 6) is -0.922. The molecule has 1 aliphatic heterocycles. The predicted molar refractivity (Wildman–Crippen MR) is 144 cm³/mol. The molecule has 0 bridgehead atoms. The summed E-state index contributed by atoms with van der Waals surface area (Å²) in [5, 5.41) is 32.9. The standard InChI is InChI=1S/C29H40FN3O5/c1-2-20-7-3-8-21(17-20)27-24(10-4-11-25(27)30)29(38,14-6-15-32-28(36)37)22-9-5-16-33(18-22)26(35)13-12-23(31)19-34/h3-4,7-8,10-11,17,22-23,32,34,38H,2,5-6,9,12-16,18-19,31H2,1H3,(H,36,37). The summed E-state index contributed by atoms with van der Waals surface area (Å²) < 4.78 is 15.5. The molecule has 9 heteroatoms. The number of likely N-dealkylation sites (tertiary alicyclic amines) is 1. The van der Waals surface area contributed by atoms with Gasteiger partial charge < -0.3 is 31.3 Å². The van der Waals surface area contributed by atoms with Gasteiger partial charge in [-0.3, -0.25) is 4.79 Å². The first-order valence-corrected chi connectivity index (χ1v) is 13.4. The van der Waals surface area contributed by atoms with Crippen LogP contribution in [-0.4, -0.2) is 64.5 Å². The normalized spacial score (nSPS) is 18.0. The molecular weight excluding hydrogens is 489 g/mol. The monoisotopic (exact) mass is 529 g/mol. The topological polar surface area (TPSA) is 136 Å². The van der Waals surface area contributed by atoms with Gasteiger partial charge in [0.1, 0.15) is 5.82 Å². The van der Waals surface area contributed by atoms with E-state index in [9.17, 15) is 19.8 Å². The number of carboxylic acid groups (broad SMARTS) is 1. The van der Waals surface area contributed by atoms with E-state index in [-0.39, 0.29) is 37.8 Å². The number of halogens is 1. The van der Waals surface area contributed by atoms with E-state index in [0.717, 1.165) is 12.0 Å². The predicted octanol–water partition coefficient (Wildman–Crippen LogP) is 3.63. The Kier molecular flexibility index (Phi) is 10.6. The molecule has 1 fully saturated rings. The van der Waals surface area contributed by atoms with Crippen molar-refractivity contribution in [3.63, 3.8) is 0 Å². The number of aryl methyl sites for hydroxylation is 1. The van der Waals surface area contributed by atoms with Gasteiger partial charge in [-0.05, 0) is 61.3 Å². The van der Waals surface area contributed by atoms with Crippen LogP contribution in [0.5, 0.6) is 0 Å². The Balaban J connectivity index is 1.98. The first kappa shape index (κ1) is 29.5. The minimum absolute atomic E-state index is 0.0939. The average molecular weight is 530 g/mol. The Hall–Kier alpha value is -3.01. The van der Waals surface area contributed by atoms with Crippen LogP contribution in [-0.2, 0) is 16.8 Å². The highest BCUT2D eigenvalue weighted by Crippen LogP contribution is 2.44. The maximum absolute atomic E-state index is 15.5. The Labute approximate surface area is 223 Å². The Bertz CT molecular complexity index is 1100. The fourth-order valence-corrected chi connectivity index (χ4v) is 5.39. The van der Waals surface area contributed by atoms with Crippen LogP contribution in [0.3, 0.4) is 0 Å². The fraction of sp³-hybridized carbons (Fsp3) is 0.517. The van der Waals surface area contributed by atoms with Gasteiger partial charge in [0.15, 0.2) is 0 Å². The first-order chi connectivity index (χ1) is 18.2. The van der Waals surface area contributed by atoms with Crippen LogP contribution >= 0.6 is 0 Å². The highest BCUT2D eigenvalue weighted by atomic mass is 19.1. The molecule has 2 amide bonds. The second-order valence-corrected chi connectivity index (χ2v) is 10.1. The second-order valence-electron chi connectivity index (χ2n) is 10.1. The molecule has 38 heavy (non-hydrogen) atoms. The summed E-state index contributed by atoms with van der Waals surface area (Å²) in [6.45, 7) is 2.81. The number of carbonyl (C=O) groups excluding carboxylic acids is 1. The quantitative estimate of drug-likeness (QED) is 0.267. The molecule has 1 saturated heterocycles. The highest BCUT2D eigenvalue weighted by Gasteiger charge is 2.43. The Morgan fingerprint density at radius 1 is 1.26 bits per heavy atom. The molecule has 8 nitrogen and oxygen atoms in total. The van der Waals surface area contributed by atoms with Crippen molar-refractivity contribution in [1.82, 2.24) is 10.2 Å². The summed E-state index contributed by atoms with van der Waals surface area (Å²) >= 11 is 0. The molecule has 2 aromatic carbocycles. The number of nitrogens with one attached hydrogen (secondary N) is 1. The number of hydrogen-bond donors (Lipinski definition) is 5. The van der Waals surface area contributed by atoms with Crippen molar-refractivity contribution < 1.29 is 29.3 Å². The number of nitrogens with two attached hydrogens (primary N) is 1. The van der Waals surface area contributed by atoms with Crippen LogP contribution < -0.4 is 11.1 Å². The van der Waals surface area contributed by atoms with E-state index in [1.165, 1.54) is 6.07 Å². The van der Waals surface area contributed by atoms with Crippen molar-refractivity contribution in [2.75, 3.05) is 26.2 Å². The minimum atomic E-state index is -1.50. The number of aliphatic hydroxyl groups is 2. The Morgan fingerprint density at radius 3 is 2.74 bits per heavy atom. The van der Waals surface area contributed by atoms with Crippen LogP contribution in [0.25, 0.3) is 11.1 Å². The zero-order chi connectivity index (χ0) is 27.7. The summed E-state index contributed by atoms with van der Waals surface area (Å²) in [6, 6.07) is 11.8. The number of nitrogens with zero attached hydrogens (tertiary/aromatic N) is 1. The molecule has 0 aliphatic carbocycles. The van der Waals surface area contributed by atoms with Crippen molar-refractivity contribution in [2.45, 2.75) is 63.5 Å². The molecule has 0 spiro atoms. The molecule has 3 atom stereocenters. The highest BCUT2D eigenvalue weighted by molar-refractivity contribution is 5.76. The van der Waals surface area contributed by atoms with Crippen molar-refractivity contribution in [1.29, 1.82) is 0 Å². The second kappa shape index (κ2) is 13.7. The summed E-state index contributed by atoms with van der Waals surface area (Å²) in [6.07, 6.45) is 2.04. The Morgan fingerprint density at radius 2 is 2.03 bits per heavy atom. The van der Waals surface area contributed by atoms with E-state index in [4.69, 9.17) is 10.8 Å². The molecule has 3 unspecified atom stereocenters. The molecule has 2 aromatic rings. The van der Waals surface area contributed by atoms with E-state index in [1.54, 1.807) is 17.0 Å². The molecule has 1 aliphatic rings. The van der Waals surface area contributed by atoms with Crippen molar-refractivity contribution in [3.05, 3.63) is 59.4 Å². The lowest BCUT2D eigenvalue weighted by Crippen LogP contribution is -2.48. The molecule has 0 saturated carbocycles. The number of piperidine rings is 1. The summed E-state index contributed by atoms with van der Waals surface area (Å²) in [4.78, 5) is 25.7. The third kappa shape index (κ3) is 7.30. The molecule has 3 rings (SSSR count). The largest absolute Gasteiger partial charge is 0.465 e. The van der Waals surface area contributed by atoms with E-state index < -0.39 is 23.6 Å².